The topological polar surface area (TPSA) is 111 Å². The Bertz CT molecular complexity index is 1200. The number of tetrazole rings is 1. The highest BCUT2D eigenvalue weighted by Gasteiger charge is 2.49. The first-order chi connectivity index (χ1) is 15.5. The SMILES string of the molecule is C[C@]1(c2cccc(-n3cnnn3)c2)NC(=O)N(Cc2cc(Cl)c3c(c2)OCCCO3)C1=O. The molecule has 0 radical (unpaired) electrons. The number of fused-ring (bicyclic) bond motifs is 1. The number of rotatable bonds is 4. The van der Waals surface area contributed by atoms with Crippen molar-refractivity contribution in [2.24, 2.45) is 0 Å². The van der Waals surface area contributed by atoms with Gasteiger partial charge in [0.25, 0.3) is 5.91 Å². The summed E-state index contributed by atoms with van der Waals surface area (Å²) in [6.45, 7) is 2.74. The third kappa shape index (κ3) is 3.42. The smallest absolute Gasteiger partial charge is 0.325 e. The zero-order valence-corrected chi connectivity index (χ0v) is 17.9. The first-order valence-electron chi connectivity index (χ1n) is 10.0. The molecule has 0 spiro atoms. The van der Waals surface area contributed by atoms with Gasteiger partial charge in [-0.05, 0) is 52.7 Å². The maximum atomic E-state index is 13.4. The summed E-state index contributed by atoms with van der Waals surface area (Å²) in [5.41, 5.74) is 0.706. The lowest BCUT2D eigenvalue weighted by molar-refractivity contribution is -0.131. The Hall–Kier alpha value is -3.66. The average Bonchev–Trinajstić information content (AvgIpc) is 3.31. The molecule has 3 amide bonds. The minimum absolute atomic E-state index is 0.0449. The van der Waals surface area contributed by atoms with Crippen molar-refractivity contribution in [3.05, 3.63) is 58.9 Å². The third-order valence-corrected chi connectivity index (χ3v) is 5.80. The van der Waals surface area contributed by atoms with Crippen LogP contribution in [0.4, 0.5) is 4.79 Å². The van der Waals surface area contributed by atoms with E-state index < -0.39 is 11.6 Å². The summed E-state index contributed by atoms with van der Waals surface area (Å²) in [6, 6.07) is 10.1. The molecule has 0 unspecified atom stereocenters. The Balaban J connectivity index is 1.43. The predicted molar refractivity (Wildman–Crippen MR) is 113 cm³/mol. The van der Waals surface area contributed by atoms with Crippen molar-refractivity contribution >= 4 is 23.5 Å². The number of aromatic nitrogens is 4. The van der Waals surface area contributed by atoms with Gasteiger partial charge in [-0.2, -0.15) is 0 Å². The number of ether oxygens (including phenoxy) is 2. The van der Waals surface area contributed by atoms with E-state index in [1.807, 2.05) is 6.07 Å². The van der Waals surface area contributed by atoms with Crippen LogP contribution < -0.4 is 14.8 Å². The van der Waals surface area contributed by atoms with Crippen LogP contribution in [0.1, 0.15) is 24.5 Å². The van der Waals surface area contributed by atoms with E-state index >= 15 is 0 Å². The molecule has 2 aliphatic rings. The van der Waals surface area contributed by atoms with E-state index in [4.69, 9.17) is 21.1 Å². The van der Waals surface area contributed by atoms with E-state index in [1.165, 1.54) is 15.9 Å². The highest BCUT2D eigenvalue weighted by Crippen LogP contribution is 2.39. The van der Waals surface area contributed by atoms with E-state index in [9.17, 15) is 9.59 Å². The fourth-order valence-electron chi connectivity index (χ4n) is 3.83. The fraction of sp³-hybridized carbons (Fsp3) is 0.286. The monoisotopic (exact) mass is 454 g/mol. The van der Waals surface area contributed by atoms with Crippen molar-refractivity contribution in [1.29, 1.82) is 0 Å². The molecule has 1 N–H and O–H groups in total. The Morgan fingerprint density at radius 2 is 2.03 bits per heavy atom. The molecular formula is C21H19ClN6O4. The second-order valence-electron chi connectivity index (χ2n) is 7.71. The predicted octanol–water partition coefficient (Wildman–Crippen LogP) is 2.44. The van der Waals surface area contributed by atoms with Crippen LogP contribution in [0.2, 0.25) is 5.02 Å². The van der Waals surface area contributed by atoms with Crippen molar-refractivity contribution in [3.8, 4) is 17.2 Å². The molecule has 10 nitrogen and oxygen atoms in total. The summed E-state index contributed by atoms with van der Waals surface area (Å²) in [4.78, 5) is 27.3. The van der Waals surface area contributed by atoms with Gasteiger partial charge in [0.2, 0.25) is 0 Å². The highest BCUT2D eigenvalue weighted by atomic mass is 35.5. The lowest BCUT2D eigenvalue weighted by Gasteiger charge is -2.23. The Morgan fingerprint density at radius 3 is 2.84 bits per heavy atom. The van der Waals surface area contributed by atoms with Crippen molar-refractivity contribution in [2.45, 2.75) is 25.4 Å². The number of nitrogens with one attached hydrogen (secondary N) is 1. The van der Waals surface area contributed by atoms with Crippen molar-refractivity contribution in [3.63, 3.8) is 0 Å². The number of benzene rings is 2. The summed E-state index contributed by atoms with van der Waals surface area (Å²) < 4.78 is 12.8. The minimum atomic E-state index is -1.24. The Labute approximate surface area is 188 Å². The summed E-state index contributed by atoms with van der Waals surface area (Å²) >= 11 is 6.37. The largest absolute Gasteiger partial charge is 0.489 e. The van der Waals surface area contributed by atoms with E-state index in [-0.39, 0.29) is 12.5 Å². The molecule has 5 rings (SSSR count). The van der Waals surface area contributed by atoms with Crippen molar-refractivity contribution in [1.82, 2.24) is 30.4 Å². The molecule has 0 bridgehead atoms. The van der Waals surface area contributed by atoms with E-state index in [2.05, 4.69) is 20.8 Å². The normalized spacial score (nSPS) is 20.2. The highest BCUT2D eigenvalue weighted by molar-refractivity contribution is 6.32. The number of hydrogen-bond donors (Lipinski definition) is 1. The molecule has 3 aromatic rings. The molecule has 2 aliphatic heterocycles. The minimum Gasteiger partial charge on any atom is -0.489 e. The zero-order valence-electron chi connectivity index (χ0n) is 17.1. The van der Waals surface area contributed by atoms with E-state index in [0.717, 1.165) is 6.42 Å². The number of imide groups is 1. The standard InChI is InChI=1S/C21H19ClN6O4/c1-21(14-4-2-5-15(10-14)28-12-23-25-26-28)19(29)27(20(30)24-21)11-13-8-16(22)18-17(9-13)31-6-3-7-32-18/h2,4-5,8-10,12H,3,6-7,11H2,1H3,(H,24,30)/t21-/m1/s1. The van der Waals surface area contributed by atoms with Crippen LogP contribution in [0.25, 0.3) is 5.69 Å². The quantitative estimate of drug-likeness (QED) is 0.602. The molecule has 1 saturated heterocycles. The second-order valence-corrected chi connectivity index (χ2v) is 8.11. The molecule has 11 heteroatoms. The molecule has 0 saturated carbocycles. The lowest BCUT2D eigenvalue weighted by atomic mass is 9.91. The van der Waals surface area contributed by atoms with E-state index in [0.29, 0.717) is 46.5 Å². The van der Waals surface area contributed by atoms with Crippen LogP contribution >= 0.6 is 11.6 Å². The number of carbonyl (C=O) groups excluding carboxylic acids is 2. The number of urea groups is 1. The molecular weight excluding hydrogens is 436 g/mol. The van der Waals surface area contributed by atoms with Crippen LogP contribution in [-0.2, 0) is 16.9 Å². The van der Waals surface area contributed by atoms with E-state index in [1.54, 1.807) is 37.3 Å². The van der Waals surface area contributed by atoms with Gasteiger partial charge in [-0.1, -0.05) is 23.7 Å². The molecule has 1 fully saturated rings. The first-order valence-corrected chi connectivity index (χ1v) is 10.4. The Kier molecular flexibility index (Phi) is 4.93. The summed E-state index contributed by atoms with van der Waals surface area (Å²) in [6.07, 6.45) is 2.20. The van der Waals surface area contributed by atoms with Crippen LogP contribution in [-0.4, -0.2) is 50.3 Å². The molecule has 2 aromatic carbocycles. The van der Waals surface area contributed by atoms with Crippen molar-refractivity contribution in [2.75, 3.05) is 13.2 Å². The van der Waals surface area contributed by atoms with Crippen LogP contribution in [0.3, 0.4) is 0 Å². The van der Waals surface area contributed by atoms with Gasteiger partial charge >= 0.3 is 6.03 Å². The third-order valence-electron chi connectivity index (χ3n) is 5.51. The molecule has 3 heterocycles. The maximum Gasteiger partial charge on any atom is 0.325 e. The number of carbonyl (C=O) groups is 2. The second kappa shape index (κ2) is 7.79. The number of amides is 3. The molecule has 32 heavy (non-hydrogen) atoms. The van der Waals surface area contributed by atoms with Crippen LogP contribution in [0.15, 0.2) is 42.7 Å². The van der Waals surface area contributed by atoms with Gasteiger partial charge < -0.3 is 14.8 Å². The fourth-order valence-corrected chi connectivity index (χ4v) is 4.12. The van der Waals surface area contributed by atoms with Gasteiger partial charge in [-0.15, -0.1) is 5.10 Å². The first kappa shape index (κ1) is 20.3. The summed E-state index contributed by atoms with van der Waals surface area (Å²) in [5.74, 6) is 0.614. The lowest BCUT2D eigenvalue weighted by Crippen LogP contribution is -2.40. The van der Waals surface area contributed by atoms with Gasteiger partial charge in [0.05, 0.1) is 30.5 Å². The zero-order chi connectivity index (χ0) is 22.3. The summed E-state index contributed by atoms with van der Waals surface area (Å²) in [5, 5.41) is 14.3. The molecule has 1 atom stereocenters. The van der Waals surface area contributed by atoms with Crippen molar-refractivity contribution < 1.29 is 19.1 Å². The van der Waals surface area contributed by atoms with Gasteiger partial charge in [0.1, 0.15) is 11.9 Å². The van der Waals surface area contributed by atoms with Gasteiger partial charge in [0.15, 0.2) is 11.5 Å². The Morgan fingerprint density at radius 1 is 1.19 bits per heavy atom. The number of nitrogens with zero attached hydrogens (tertiary/aromatic N) is 5. The van der Waals surface area contributed by atoms with Gasteiger partial charge in [0, 0.05) is 6.42 Å². The van der Waals surface area contributed by atoms with Gasteiger partial charge in [-0.3, -0.25) is 9.69 Å². The molecule has 164 valence electrons. The average molecular weight is 455 g/mol. The molecule has 0 aliphatic carbocycles. The number of halogens is 1. The van der Waals surface area contributed by atoms with Crippen LogP contribution in [0, 0.1) is 0 Å². The van der Waals surface area contributed by atoms with Crippen LogP contribution in [0.5, 0.6) is 11.5 Å². The maximum absolute atomic E-state index is 13.4. The summed E-state index contributed by atoms with van der Waals surface area (Å²) in [7, 11) is 0. The molecule has 1 aromatic heterocycles. The van der Waals surface area contributed by atoms with Gasteiger partial charge in [-0.25, -0.2) is 9.48 Å². The number of hydrogen-bond acceptors (Lipinski definition) is 7.